The SMILES string of the molecule is [2H]c1cc([C@]2(C#N)O[C@H](COC(=O)C(C)C)[C@@H](O)[C@H]2O)n2ncnc(N=CN(C)C)c12. The standard InChI is InChI=1S/C19H24N6O5/c1-11(2)18(28)29-7-13-15(26)16(27)19(8-20,30-13)14-6-5-12-17(22-10-24(3)4)21-9-23-25(12)14/h5-6,9-11,13,15-16,26-27H,7H2,1-4H3/t13-,15-,16-,19+/m1/s1/i5D. The van der Waals surface area contributed by atoms with E-state index in [-0.39, 0.29) is 35.6 Å². The van der Waals surface area contributed by atoms with Crippen LogP contribution >= 0.6 is 0 Å². The Hall–Kier alpha value is -3.07. The number of carbonyl (C=O) groups is 1. The second kappa shape index (κ2) is 8.35. The number of hydrogen-bond donors (Lipinski definition) is 2. The molecule has 11 nitrogen and oxygen atoms in total. The Morgan fingerprint density at radius 2 is 2.33 bits per heavy atom. The number of aliphatic hydroxyl groups is 2. The molecule has 1 fully saturated rings. The Bertz CT molecular complexity index is 1050. The summed E-state index contributed by atoms with van der Waals surface area (Å²) in [4.78, 5) is 21.7. The largest absolute Gasteiger partial charge is 0.463 e. The summed E-state index contributed by atoms with van der Waals surface area (Å²) in [7, 11) is 3.54. The fourth-order valence-electron chi connectivity index (χ4n) is 3.03. The van der Waals surface area contributed by atoms with Crippen molar-refractivity contribution in [3.8, 4) is 6.07 Å². The van der Waals surface area contributed by atoms with Crippen LogP contribution in [-0.4, -0.2) is 81.0 Å². The summed E-state index contributed by atoms with van der Waals surface area (Å²) in [6.45, 7) is 2.96. The second-order valence-electron chi connectivity index (χ2n) is 7.45. The van der Waals surface area contributed by atoms with Crippen molar-refractivity contribution in [1.29, 1.82) is 5.26 Å². The van der Waals surface area contributed by atoms with E-state index in [1.807, 2.05) is 6.07 Å². The minimum absolute atomic E-state index is 0.0305. The maximum absolute atomic E-state index is 11.8. The average molecular weight is 417 g/mol. The minimum Gasteiger partial charge on any atom is -0.463 e. The molecule has 0 saturated carbocycles. The highest BCUT2D eigenvalue weighted by Gasteiger charge is 2.57. The molecule has 3 heterocycles. The molecular weight excluding hydrogens is 392 g/mol. The van der Waals surface area contributed by atoms with E-state index in [1.165, 1.54) is 23.2 Å². The molecule has 2 aromatic rings. The number of rotatable bonds is 6. The van der Waals surface area contributed by atoms with Gasteiger partial charge in [0.15, 0.2) is 5.82 Å². The van der Waals surface area contributed by atoms with Gasteiger partial charge in [0.05, 0.1) is 19.3 Å². The van der Waals surface area contributed by atoms with Crippen LogP contribution in [0.3, 0.4) is 0 Å². The summed E-state index contributed by atoms with van der Waals surface area (Å²) in [6.07, 6.45) is -1.64. The molecule has 0 spiro atoms. The summed E-state index contributed by atoms with van der Waals surface area (Å²) in [5, 5.41) is 35.3. The molecule has 4 atom stereocenters. The van der Waals surface area contributed by atoms with Crippen molar-refractivity contribution in [1.82, 2.24) is 19.5 Å². The van der Waals surface area contributed by atoms with E-state index >= 15 is 0 Å². The van der Waals surface area contributed by atoms with E-state index in [9.17, 15) is 20.3 Å². The molecule has 0 bridgehead atoms. The van der Waals surface area contributed by atoms with Crippen molar-refractivity contribution in [2.24, 2.45) is 10.9 Å². The van der Waals surface area contributed by atoms with Crippen LogP contribution < -0.4 is 0 Å². The molecule has 0 aromatic carbocycles. The second-order valence-corrected chi connectivity index (χ2v) is 7.45. The Kier molecular flexibility index (Phi) is 5.63. The fraction of sp³-hybridized carbons (Fsp3) is 0.526. The third-order valence-corrected chi connectivity index (χ3v) is 4.62. The smallest absolute Gasteiger partial charge is 0.308 e. The van der Waals surface area contributed by atoms with Gasteiger partial charge in [-0.15, -0.1) is 0 Å². The topological polar surface area (TPSA) is 146 Å². The highest BCUT2D eigenvalue weighted by Crippen LogP contribution is 2.40. The van der Waals surface area contributed by atoms with Crippen LogP contribution in [0.15, 0.2) is 23.4 Å². The van der Waals surface area contributed by atoms with E-state index in [0.717, 1.165) is 0 Å². The summed E-state index contributed by atoms with van der Waals surface area (Å²) >= 11 is 0. The van der Waals surface area contributed by atoms with Crippen molar-refractivity contribution >= 4 is 23.6 Å². The molecule has 3 rings (SSSR count). The highest BCUT2D eigenvalue weighted by atomic mass is 16.6. The minimum atomic E-state index is -2.05. The molecule has 0 amide bonds. The van der Waals surface area contributed by atoms with Gasteiger partial charge in [0.25, 0.3) is 0 Å². The van der Waals surface area contributed by atoms with Gasteiger partial charge in [0, 0.05) is 14.1 Å². The molecule has 1 aliphatic heterocycles. The Balaban J connectivity index is 2.03. The van der Waals surface area contributed by atoms with E-state index in [2.05, 4.69) is 15.1 Å². The first kappa shape index (κ1) is 20.2. The van der Waals surface area contributed by atoms with Gasteiger partial charge < -0.3 is 24.6 Å². The van der Waals surface area contributed by atoms with Crippen LogP contribution in [0.1, 0.15) is 20.9 Å². The van der Waals surface area contributed by atoms with Gasteiger partial charge in [0.1, 0.15) is 42.8 Å². The number of aliphatic imine (C=N–C) groups is 1. The van der Waals surface area contributed by atoms with Gasteiger partial charge in [-0.05, 0) is 12.1 Å². The third kappa shape index (κ3) is 3.72. The maximum Gasteiger partial charge on any atom is 0.308 e. The summed E-state index contributed by atoms with van der Waals surface area (Å²) < 4.78 is 20.4. The van der Waals surface area contributed by atoms with Crippen molar-refractivity contribution in [2.45, 2.75) is 37.8 Å². The normalized spacial score (nSPS) is 26.9. The zero-order chi connectivity index (χ0) is 22.9. The number of aliphatic hydroxyl groups excluding tert-OH is 2. The molecule has 1 aliphatic rings. The molecule has 0 radical (unpaired) electrons. The molecule has 0 unspecified atom stereocenters. The van der Waals surface area contributed by atoms with Crippen LogP contribution in [0.25, 0.3) is 5.52 Å². The van der Waals surface area contributed by atoms with Crippen molar-refractivity contribution < 1.29 is 25.9 Å². The number of hydrogen-bond acceptors (Lipinski definition) is 9. The quantitative estimate of drug-likeness (QED) is 0.376. The maximum atomic E-state index is 11.8. The molecule has 0 aliphatic carbocycles. The van der Waals surface area contributed by atoms with Crippen LogP contribution in [0.5, 0.6) is 0 Å². The van der Waals surface area contributed by atoms with Gasteiger partial charge in [-0.2, -0.15) is 10.4 Å². The summed E-state index contributed by atoms with van der Waals surface area (Å²) in [5.74, 6) is -0.705. The van der Waals surface area contributed by atoms with Gasteiger partial charge in [-0.25, -0.2) is 14.5 Å². The first-order valence-corrected chi connectivity index (χ1v) is 9.28. The monoisotopic (exact) mass is 417 g/mol. The van der Waals surface area contributed by atoms with Crippen LogP contribution in [0, 0.1) is 17.2 Å². The van der Waals surface area contributed by atoms with Gasteiger partial charge in [-0.1, -0.05) is 13.8 Å². The number of nitrogens with zero attached hydrogens (tertiary/aromatic N) is 6. The molecule has 2 N–H and O–H groups in total. The van der Waals surface area contributed by atoms with Gasteiger partial charge in [-0.3, -0.25) is 4.79 Å². The zero-order valence-electron chi connectivity index (χ0n) is 18.1. The van der Waals surface area contributed by atoms with Crippen LogP contribution in [-0.2, 0) is 19.9 Å². The number of fused-ring (bicyclic) bond motifs is 1. The highest BCUT2D eigenvalue weighted by molar-refractivity contribution is 5.72. The van der Waals surface area contributed by atoms with Crippen molar-refractivity contribution in [3.63, 3.8) is 0 Å². The number of aromatic nitrogens is 3. The van der Waals surface area contributed by atoms with E-state index in [1.54, 1.807) is 32.8 Å². The van der Waals surface area contributed by atoms with Gasteiger partial charge >= 0.3 is 5.97 Å². The van der Waals surface area contributed by atoms with Crippen LogP contribution in [0.2, 0.25) is 0 Å². The lowest BCUT2D eigenvalue weighted by atomic mass is 9.92. The molecule has 2 aromatic heterocycles. The zero-order valence-corrected chi connectivity index (χ0v) is 17.1. The number of carbonyl (C=O) groups excluding carboxylic acids is 1. The predicted molar refractivity (Wildman–Crippen MR) is 105 cm³/mol. The van der Waals surface area contributed by atoms with Crippen molar-refractivity contribution in [2.75, 3.05) is 20.7 Å². The van der Waals surface area contributed by atoms with E-state index < -0.39 is 29.9 Å². The molecule has 11 heteroatoms. The molecule has 1 saturated heterocycles. The lowest BCUT2D eigenvalue weighted by Crippen LogP contribution is -2.41. The molecule has 30 heavy (non-hydrogen) atoms. The van der Waals surface area contributed by atoms with E-state index in [4.69, 9.17) is 10.8 Å². The average Bonchev–Trinajstić information content (AvgIpc) is 3.20. The Labute approximate surface area is 174 Å². The summed E-state index contributed by atoms with van der Waals surface area (Å²) in [5.41, 5.74) is -1.82. The van der Waals surface area contributed by atoms with E-state index in [0.29, 0.717) is 0 Å². The van der Waals surface area contributed by atoms with Crippen LogP contribution in [0.4, 0.5) is 5.82 Å². The lowest BCUT2D eigenvalue weighted by molar-refractivity contribution is -0.154. The fourth-order valence-corrected chi connectivity index (χ4v) is 3.03. The molecule has 160 valence electrons. The first-order chi connectivity index (χ1) is 14.6. The summed E-state index contributed by atoms with van der Waals surface area (Å²) in [6, 6.07) is 3.17. The predicted octanol–water partition coefficient (Wildman–Crippen LogP) is -0.0106. The van der Waals surface area contributed by atoms with Gasteiger partial charge in [0.2, 0.25) is 5.60 Å². The Morgan fingerprint density at radius 1 is 1.60 bits per heavy atom. The lowest BCUT2D eigenvalue weighted by Gasteiger charge is -2.24. The number of esters is 1. The third-order valence-electron chi connectivity index (χ3n) is 4.62. The number of ether oxygens (including phenoxy) is 2. The number of nitriles is 1. The Morgan fingerprint density at radius 3 is 2.97 bits per heavy atom. The van der Waals surface area contributed by atoms with Crippen molar-refractivity contribution in [3.05, 3.63) is 24.1 Å². The molecular formula is C19H24N6O5. The first-order valence-electron chi connectivity index (χ1n) is 9.78.